The summed E-state index contributed by atoms with van der Waals surface area (Å²) < 4.78 is 41.4. The van der Waals surface area contributed by atoms with Crippen LogP contribution in [-0.2, 0) is 44.3 Å². The molecule has 0 aliphatic heterocycles. The van der Waals surface area contributed by atoms with E-state index in [0.717, 1.165) is 109 Å². The number of hydrogen-bond acceptors (Lipinski definition) is 12. The van der Waals surface area contributed by atoms with Crippen molar-refractivity contribution < 1.29 is 47.2 Å². The Balaban J connectivity index is 0.000000250. The van der Waals surface area contributed by atoms with E-state index < -0.39 is 23.4 Å². The first-order chi connectivity index (χ1) is 32.7. The first-order valence-corrected chi connectivity index (χ1v) is 26.8. The van der Waals surface area contributed by atoms with Crippen LogP contribution < -0.4 is 0 Å². The van der Waals surface area contributed by atoms with E-state index >= 15 is 0 Å². The Kier molecular flexibility index (Phi) is 23.9. The van der Waals surface area contributed by atoms with Gasteiger partial charge in [0.2, 0.25) is 11.8 Å². The van der Waals surface area contributed by atoms with Gasteiger partial charge in [0.05, 0.1) is 37.7 Å². The Morgan fingerprint density at radius 2 is 1.10 bits per heavy atom. The van der Waals surface area contributed by atoms with Gasteiger partial charge in [-0.25, -0.2) is 19.6 Å². The standard InChI is InChI=1S/C28H41NO5.C16H30O4.C12H12INO/c1-7-9-25(27(30)34-28(4,5)6)32-17-21-10-8-11-23(16-21)31-18-24-20(3)33-26(29-24)22-14-12-19(2)13-15-22;1-5-7-14(15(18)20-16(2,3)4)19-11-12-8-6-9-13(17)10-12;1-8-3-5-10(6-4-8)12-14-11(7-13)9(2)15-12/h12-15,21,23,25H,7-11,16-18H2,1-6H3;12-14,17H,5-11H2,1-4H3;3-6H,7H2,1-2H3. The highest BCUT2D eigenvalue weighted by atomic mass is 127. The number of halogens is 1. The highest BCUT2D eigenvalue weighted by Gasteiger charge is 2.30. The zero-order valence-corrected chi connectivity index (χ0v) is 45.9. The van der Waals surface area contributed by atoms with Crippen LogP contribution in [0, 0.1) is 39.5 Å². The van der Waals surface area contributed by atoms with E-state index in [-0.39, 0.29) is 24.1 Å². The third kappa shape index (κ3) is 20.9. The van der Waals surface area contributed by atoms with Gasteiger partial charge in [-0.05, 0) is 157 Å². The third-order valence-electron chi connectivity index (χ3n) is 12.0. The van der Waals surface area contributed by atoms with Gasteiger partial charge in [-0.3, -0.25) is 0 Å². The van der Waals surface area contributed by atoms with Crippen LogP contribution in [-0.4, -0.2) is 75.8 Å². The molecule has 12 nitrogen and oxygen atoms in total. The number of aryl methyl sites for hydroxylation is 4. The Labute approximate surface area is 426 Å². The molecule has 2 heterocycles. The van der Waals surface area contributed by atoms with Gasteiger partial charge in [-0.2, -0.15) is 0 Å². The Morgan fingerprint density at radius 1 is 0.667 bits per heavy atom. The number of rotatable bonds is 18. The Hall–Kier alpha value is -3.63. The fraction of sp³-hybridized carbons (Fsp3) is 0.643. The van der Waals surface area contributed by atoms with Gasteiger partial charge in [0.25, 0.3) is 0 Å². The summed E-state index contributed by atoms with van der Waals surface area (Å²) in [4.78, 5) is 33.7. The summed E-state index contributed by atoms with van der Waals surface area (Å²) in [7, 11) is 0. The van der Waals surface area contributed by atoms with E-state index in [1.54, 1.807) is 0 Å². The lowest BCUT2D eigenvalue weighted by molar-refractivity contribution is -0.171. The summed E-state index contributed by atoms with van der Waals surface area (Å²) in [6, 6.07) is 16.4. The summed E-state index contributed by atoms with van der Waals surface area (Å²) in [5, 5.41) is 9.66. The Bertz CT molecular complexity index is 2120. The summed E-state index contributed by atoms with van der Waals surface area (Å²) >= 11 is 2.29. The molecule has 2 aromatic heterocycles. The van der Waals surface area contributed by atoms with Crippen LogP contribution in [0.25, 0.3) is 22.9 Å². The van der Waals surface area contributed by atoms with E-state index in [1.165, 1.54) is 11.1 Å². The van der Waals surface area contributed by atoms with E-state index in [4.69, 9.17) is 32.5 Å². The lowest BCUT2D eigenvalue weighted by Gasteiger charge is -2.30. The molecule has 69 heavy (non-hydrogen) atoms. The average molecular weight is 1070 g/mol. The summed E-state index contributed by atoms with van der Waals surface area (Å²) in [5.41, 5.74) is 5.37. The summed E-state index contributed by atoms with van der Waals surface area (Å²) in [6.07, 6.45) is 10.0. The molecule has 0 saturated heterocycles. The van der Waals surface area contributed by atoms with Crippen molar-refractivity contribution >= 4 is 34.5 Å². The lowest BCUT2D eigenvalue weighted by Crippen LogP contribution is -2.35. The summed E-state index contributed by atoms with van der Waals surface area (Å²) in [5.74, 6) is 3.28. The monoisotopic (exact) mass is 1070 g/mol. The number of aromatic nitrogens is 2. The van der Waals surface area contributed by atoms with Crippen LogP contribution in [0.5, 0.6) is 0 Å². The zero-order chi connectivity index (χ0) is 50.7. The first-order valence-electron chi connectivity index (χ1n) is 25.3. The van der Waals surface area contributed by atoms with E-state index in [1.807, 2.05) is 86.6 Å². The Morgan fingerprint density at radius 3 is 1.52 bits per heavy atom. The molecule has 384 valence electrons. The van der Waals surface area contributed by atoms with Crippen LogP contribution >= 0.6 is 22.6 Å². The second kappa shape index (κ2) is 28.4. The maximum Gasteiger partial charge on any atom is 0.335 e. The number of benzene rings is 2. The third-order valence-corrected chi connectivity index (χ3v) is 12.7. The predicted octanol–water partition coefficient (Wildman–Crippen LogP) is 13.5. The molecular weight excluding hydrogens is 988 g/mol. The molecule has 2 saturated carbocycles. The topological polar surface area (TPSA) is 153 Å². The maximum atomic E-state index is 12.5. The van der Waals surface area contributed by atoms with Gasteiger partial charge < -0.3 is 37.6 Å². The van der Waals surface area contributed by atoms with Crippen LogP contribution in [0.1, 0.15) is 166 Å². The second-order valence-corrected chi connectivity index (χ2v) is 21.6. The van der Waals surface area contributed by atoms with E-state index in [2.05, 4.69) is 77.6 Å². The molecule has 1 N–H and O–H groups in total. The molecule has 2 fully saturated rings. The normalized spacial score (nSPS) is 19.3. The minimum absolute atomic E-state index is 0.160. The van der Waals surface area contributed by atoms with Crippen molar-refractivity contribution in [3.8, 4) is 22.9 Å². The molecule has 6 unspecified atom stereocenters. The van der Waals surface area contributed by atoms with Crippen LogP contribution in [0.4, 0.5) is 0 Å². The number of carbonyl (C=O) groups excluding carboxylic acids is 2. The van der Waals surface area contributed by atoms with E-state index in [0.29, 0.717) is 50.4 Å². The molecule has 0 radical (unpaired) electrons. The van der Waals surface area contributed by atoms with Crippen molar-refractivity contribution in [1.82, 2.24) is 9.97 Å². The van der Waals surface area contributed by atoms with Gasteiger partial charge in [0.15, 0.2) is 12.2 Å². The number of oxazole rings is 2. The molecule has 6 rings (SSSR count). The number of alkyl halides is 1. The molecule has 2 aliphatic carbocycles. The molecule has 2 aliphatic rings. The number of nitrogens with zero attached hydrogens (tertiary/aromatic N) is 2. The van der Waals surface area contributed by atoms with Gasteiger partial charge in [-0.15, -0.1) is 0 Å². The second-order valence-electron chi connectivity index (χ2n) is 20.8. The fourth-order valence-corrected chi connectivity index (χ4v) is 8.92. The van der Waals surface area contributed by atoms with Crippen molar-refractivity contribution in [1.29, 1.82) is 0 Å². The predicted molar refractivity (Wildman–Crippen MR) is 280 cm³/mol. The highest BCUT2D eigenvalue weighted by Crippen LogP contribution is 2.30. The largest absolute Gasteiger partial charge is 0.458 e. The molecular formula is C56H83IN2O10. The maximum absolute atomic E-state index is 12.5. The van der Waals surface area contributed by atoms with Crippen LogP contribution in [0.2, 0.25) is 0 Å². The lowest BCUT2D eigenvalue weighted by atomic mass is 9.87. The van der Waals surface area contributed by atoms with Crippen molar-refractivity contribution in [3.63, 3.8) is 0 Å². The molecule has 4 aromatic rings. The number of hydrogen-bond donors (Lipinski definition) is 1. The zero-order valence-electron chi connectivity index (χ0n) is 43.8. The van der Waals surface area contributed by atoms with Crippen molar-refractivity contribution in [2.45, 2.75) is 207 Å². The fourth-order valence-electron chi connectivity index (χ4n) is 8.21. The molecule has 0 spiro atoms. The molecule has 0 amide bonds. The quantitative estimate of drug-likeness (QED) is 0.0573. The van der Waals surface area contributed by atoms with Gasteiger partial charge >= 0.3 is 11.9 Å². The molecule has 0 bridgehead atoms. The van der Waals surface area contributed by atoms with Crippen molar-refractivity contribution in [3.05, 3.63) is 82.6 Å². The van der Waals surface area contributed by atoms with Crippen LogP contribution in [0.3, 0.4) is 0 Å². The van der Waals surface area contributed by atoms with Crippen molar-refractivity contribution in [2.24, 2.45) is 11.8 Å². The van der Waals surface area contributed by atoms with Gasteiger partial charge in [0.1, 0.15) is 28.4 Å². The number of esters is 2. The summed E-state index contributed by atoms with van der Waals surface area (Å²) in [6.45, 7) is 24.9. The smallest absolute Gasteiger partial charge is 0.335 e. The van der Waals surface area contributed by atoms with Gasteiger partial charge in [0, 0.05) is 15.6 Å². The number of ether oxygens (including phenoxy) is 5. The average Bonchev–Trinajstić information content (AvgIpc) is 3.86. The number of carbonyl (C=O) groups is 2. The molecule has 2 aromatic carbocycles. The first kappa shape index (κ1) is 57.9. The minimum Gasteiger partial charge on any atom is -0.458 e. The van der Waals surface area contributed by atoms with Crippen molar-refractivity contribution in [2.75, 3.05) is 13.2 Å². The van der Waals surface area contributed by atoms with Crippen LogP contribution in [0.15, 0.2) is 57.4 Å². The molecule has 13 heteroatoms. The molecule has 6 atom stereocenters. The highest BCUT2D eigenvalue weighted by molar-refractivity contribution is 14.1. The minimum atomic E-state index is -0.505. The number of aliphatic hydroxyl groups is 1. The SMILES string of the molecule is CCCC(OCC1CCCC(O)C1)C(=O)OC(C)(C)C.CCCC(OCC1CCCC(OCc2nc(-c3ccc(C)cc3)oc2C)C1)C(=O)OC(C)(C)C.Cc1ccc(-c2nc(CI)c(C)o2)cc1. The van der Waals surface area contributed by atoms with Gasteiger partial charge in [-0.1, -0.05) is 97.5 Å². The number of aliphatic hydroxyl groups excluding tert-OH is 1. The van der Waals surface area contributed by atoms with E-state index in [9.17, 15) is 14.7 Å².